The second-order valence-corrected chi connectivity index (χ2v) is 5.94. The maximum Gasteiger partial charge on any atom is 0.0460 e. The molecule has 110 valence electrons. The molecule has 0 aliphatic carbocycles. The Morgan fingerprint density at radius 3 is 2.73 bits per heavy atom. The minimum Gasteiger partial charge on any atom is -0.361 e. The van der Waals surface area contributed by atoms with E-state index in [1.165, 1.54) is 33.2 Å². The summed E-state index contributed by atoms with van der Waals surface area (Å²) in [6, 6.07) is 10.7. The molecule has 1 aromatic carbocycles. The number of nitrogens with zero attached hydrogens (tertiary/aromatic N) is 2. The zero-order chi connectivity index (χ0) is 14.9. The molecule has 0 saturated carbocycles. The molecule has 0 atom stereocenters. The Kier molecular flexibility index (Phi) is 3.28. The molecule has 3 heterocycles. The van der Waals surface area contributed by atoms with Gasteiger partial charge in [-0.2, -0.15) is 0 Å². The molecule has 0 fully saturated rings. The Labute approximate surface area is 130 Å². The minimum atomic E-state index is 1.03. The fourth-order valence-corrected chi connectivity index (χ4v) is 3.13. The van der Waals surface area contributed by atoms with E-state index in [0.717, 1.165) is 19.5 Å². The SMILES string of the molecule is CN1CC=C(c2c[nH]c3ccc(-c4ccncc4)cc23)CC1. The van der Waals surface area contributed by atoms with Crippen LogP contribution in [0.15, 0.2) is 55.0 Å². The molecule has 0 radical (unpaired) electrons. The molecule has 0 saturated heterocycles. The lowest BCUT2D eigenvalue weighted by atomic mass is 9.97. The van der Waals surface area contributed by atoms with Crippen LogP contribution in [-0.4, -0.2) is 35.0 Å². The fourth-order valence-electron chi connectivity index (χ4n) is 3.13. The zero-order valence-corrected chi connectivity index (χ0v) is 12.7. The molecular formula is C19H19N3. The highest BCUT2D eigenvalue weighted by Crippen LogP contribution is 2.32. The largest absolute Gasteiger partial charge is 0.361 e. The van der Waals surface area contributed by atoms with Crippen molar-refractivity contribution in [2.45, 2.75) is 6.42 Å². The molecule has 22 heavy (non-hydrogen) atoms. The highest BCUT2D eigenvalue weighted by molar-refractivity contribution is 5.95. The maximum absolute atomic E-state index is 4.10. The van der Waals surface area contributed by atoms with Crippen molar-refractivity contribution in [3.05, 3.63) is 60.6 Å². The van der Waals surface area contributed by atoms with Gasteiger partial charge in [-0.3, -0.25) is 4.98 Å². The average molecular weight is 289 g/mol. The van der Waals surface area contributed by atoms with Crippen LogP contribution in [-0.2, 0) is 0 Å². The van der Waals surface area contributed by atoms with Gasteiger partial charge in [0.25, 0.3) is 0 Å². The van der Waals surface area contributed by atoms with E-state index in [1.54, 1.807) is 0 Å². The van der Waals surface area contributed by atoms with E-state index in [2.05, 4.69) is 64.5 Å². The van der Waals surface area contributed by atoms with E-state index >= 15 is 0 Å². The van der Waals surface area contributed by atoms with Crippen LogP contribution in [0.1, 0.15) is 12.0 Å². The van der Waals surface area contributed by atoms with Gasteiger partial charge in [-0.1, -0.05) is 12.1 Å². The third-order valence-corrected chi connectivity index (χ3v) is 4.45. The lowest BCUT2D eigenvalue weighted by Gasteiger charge is -2.21. The van der Waals surface area contributed by atoms with Crippen molar-refractivity contribution in [1.82, 2.24) is 14.9 Å². The average Bonchev–Trinajstić information content (AvgIpc) is 2.99. The number of aromatic nitrogens is 2. The third-order valence-electron chi connectivity index (χ3n) is 4.45. The van der Waals surface area contributed by atoms with Gasteiger partial charge in [0.1, 0.15) is 0 Å². The second-order valence-electron chi connectivity index (χ2n) is 5.94. The summed E-state index contributed by atoms with van der Waals surface area (Å²) in [7, 11) is 2.17. The van der Waals surface area contributed by atoms with Crippen molar-refractivity contribution >= 4 is 16.5 Å². The van der Waals surface area contributed by atoms with Gasteiger partial charge >= 0.3 is 0 Å². The number of fused-ring (bicyclic) bond motifs is 1. The fraction of sp³-hybridized carbons (Fsp3) is 0.211. The number of likely N-dealkylation sites (N-methyl/N-ethyl adjacent to an activating group) is 1. The summed E-state index contributed by atoms with van der Waals surface area (Å²) in [6.45, 7) is 2.16. The van der Waals surface area contributed by atoms with Gasteiger partial charge in [-0.05, 0) is 54.4 Å². The summed E-state index contributed by atoms with van der Waals surface area (Å²) in [6.07, 6.45) is 9.31. The molecule has 3 aromatic rings. The van der Waals surface area contributed by atoms with E-state index in [0.29, 0.717) is 0 Å². The quantitative estimate of drug-likeness (QED) is 0.774. The Hall–Kier alpha value is -2.39. The first-order valence-electron chi connectivity index (χ1n) is 7.71. The van der Waals surface area contributed by atoms with Gasteiger partial charge in [0.15, 0.2) is 0 Å². The number of pyridine rings is 1. The number of aromatic amines is 1. The van der Waals surface area contributed by atoms with Crippen molar-refractivity contribution < 1.29 is 0 Å². The van der Waals surface area contributed by atoms with Gasteiger partial charge in [-0.15, -0.1) is 0 Å². The van der Waals surface area contributed by atoms with Crippen LogP contribution < -0.4 is 0 Å². The molecule has 0 spiro atoms. The number of H-pyrrole nitrogens is 1. The first-order chi connectivity index (χ1) is 10.8. The number of rotatable bonds is 2. The summed E-state index contributed by atoms with van der Waals surface area (Å²) in [5.74, 6) is 0. The van der Waals surface area contributed by atoms with Crippen LogP contribution in [0.3, 0.4) is 0 Å². The lowest BCUT2D eigenvalue weighted by Crippen LogP contribution is -2.23. The van der Waals surface area contributed by atoms with Gasteiger partial charge in [0, 0.05) is 48.1 Å². The summed E-state index contributed by atoms with van der Waals surface area (Å²) in [4.78, 5) is 9.86. The number of benzene rings is 1. The monoisotopic (exact) mass is 289 g/mol. The molecule has 0 amide bonds. The van der Waals surface area contributed by atoms with Gasteiger partial charge in [0.05, 0.1) is 0 Å². The molecular weight excluding hydrogens is 270 g/mol. The molecule has 3 heteroatoms. The number of nitrogens with one attached hydrogen (secondary N) is 1. The van der Waals surface area contributed by atoms with Crippen molar-refractivity contribution in [2.24, 2.45) is 0 Å². The smallest absolute Gasteiger partial charge is 0.0460 e. The highest BCUT2D eigenvalue weighted by atomic mass is 15.1. The van der Waals surface area contributed by atoms with E-state index in [9.17, 15) is 0 Å². The molecule has 1 N–H and O–H groups in total. The van der Waals surface area contributed by atoms with Crippen LogP contribution in [0.4, 0.5) is 0 Å². The molecule has 1 aliphatic rings. The number of hydrogen-bond acceptors (Lipinski definition) is 2. The Balaban J connectivity index is 1.81. The molecule has 0 bridgehead atoms. The zero-order valence-electron chi connectivity index (χ0n) is 12.7. The van der Waals surface area contributed by atoms with Gasteiger partial charge in [-0.25, -0.2) is 0 Å². The van der Waals surface area contributed by atoms with Crippen molar-refractivity contribution in [2.75, 3.05) is 20.1 Å². The Morgan fingerprint density at radius 2 is 1.95 bits per heavy atom. The number of hydrogen-bond donors (Lipinski definition) is 1. The van der Waals surface area contributed by atoms with E-state index < -0.39 is 0 Å². The third kappa shape index (κ3) is 2.34. The van der Waals surface area contributed by atoms with Gasteiger partial charge in [0.2, 0.25) is 0 Å². The first-order valence-corrected chi connectivity index (χ1v) is 7.71. The second kappa shape index (κ2) is 5.43. The maximum atomic E-state index is 4.10. The highest BCUT2D eigenvalue weighted by Gasteiger charge is 2.13. The van der Waals surface area contributed by atoms with Crippen LogP contribution in [0.5, 0.6) is 0 Å². The van der Waals surface area contributed by atoms with E-state index in [1.807, 2.05) is 12.4 Å². The van der Waals surface area contributed by atoms with Crippen LogP contribution in [0.25, 0.3) is 27.6 Å². The lowest BCUT2D eigenvalue weighted by molar-refractivity contribution is 0.370. The first kappa shape index (κ1) is 13.3. The topological polar surface area (TPSA) is 31.9 Å². The summed E-state index contributed by atoms with van der Waals surface area (Å²) in [5, 5.41) is 1.31. The molecule has 3 nitrogen and oxygen atoms in total. The molecule has 0 unspecified atom stereocenters. The normalized spacial score (nSPS) is 16.0. The summed E-state index contributed by atoms with van der Waals surface area (Å²) >= 11 is 0. The standard InChI is InChI=1S/C19H19N3/c1-22-10-6-15(7-11-22)18-13-21-19-3-2-16(12-17(18)19)14-4-8-20-9-5-14/h2-6,8-9,12-13,21H,7,10-11H2,1H3. The predicted molar refractivity (Wildman–Crippen MR) is 91.6 cm³/mol. The van der Waals surface area contributed by atoms with E-state index in [-0.39, 0.29) is 0 Å². The minimum absolute atomic E-state index is 1.03. The van der Waals surface area contributed by atoms with Crippen LogP contribution >= 0.6 is 0 Å². The van der Waals surface area contributed by atoms with Gasteiger partial charge < -0.3 is 9.88 Å². The summed E-state index contributed by atoms with van der Waals surface area (Å²) < 4.78 is 0. The van der Waals surface area contributed by atoms with E-state index in [4.69, 9.17) is 0 Å². The van der Waals surface area contributed by atoms with Crippen molar-refractivity contribution in [3.8, 4) is 11.1 Å². The predicted octanol–water partition coefficient (Wildman–Crippen LogP) is 3.95. The Morgan fingerprint density at radius 1 is 1.09 bits per heavy atom. The van der Waals surface area contributed by atoms with Crippen LogP contribution in [0, 0.1) is 0 Å². The summed E-state index contributed by atoms with van der Waals surface area (Å²) in [5.41, 5.74) is 6.45. The molecule has 2 aromatic heterocycles. The van der Waals surface area contributed by atoms with Crippen molar-refractivity contribution in [1.29, 1.82) is 0 Å². The van der Waals surface area contributed by atoms with Crippen molar-refractivity contribution in [3.63, 3.8) is 0 Å². The molecule has 4 rings (SSSR count). The molecule has 1 aliphatic heterocycles. The van der Waals surface area contributed by atoms with Crippen LogP contribution in [0.2, 0.25) is 0 Å². The Bertz CT molecular complexity index is 830.